The summed E-state index contributed by atoms with van der Waals surface area (Å²) in [4.78, 5) is 12.1. The lowest BCUT2D eigenvalue weighted by Crippen LogP contribution is -2.19. The maximum Gasteiger partial charge on any atom is 0.244 e. The van der Waals surface area contributed by atoms with Crippen molar-refractivity contribution in [1.29, 1.82) is 0 Å². The van der Waals surface area contributed by atoms with Crippen molar-refractivity contribution in [2.24, 2.45) is 5.10 Å². The number of hydrogen-bond donors (Lipinski definition) is 1. The second-order valence-corrected chi connectivity index (χ2v) is 8.85. The number of fused-ring (bicyclic) bond motifs is 1. The lowest BCUT2D eigenvalue weighted by atomic mass is 10.1. The van der Waals surface area contributed by atoms with Crippen LogP contribution in [-0.4, -0.2) is 19.2 Å². The van der Waals surface area contributed by atoms with Crippen molar-refractivity contribution in [3.63, 3.8) is 0 Å². The molecule has 0 spiro atoms. The molecule has 7 heteroatoms. The quantitative estimate of drug-likeness (QED) is 0.205. The molecule has 0 atom stereocenters. The van der Waals surface area contributed by atoms with E-state index in [0.717, 1.165) is 26.5 Å². The zero-order chi connectivity index (χ0) is 23.9. The summed E-state index contributed by atoms with van der Waals surface area (Å²) in [5.41, 5.74) is 5.22. The molecule has 34 heavy (non-hydrogen) atoms. The number of methoxy groups -OCH3 is 1. The van der Waals surface area contributed by atoms with Crippen LogP contribution >= 0.6 is 27.5 Å². The number of carbonyl (C=O) groups excluding carboxylic acids is 1. The Morgan fingerprint density at radius 3 is 2.62 bits per heavy atom. The summed E-state index contributed by atoms with van der Waals surface area (Å²) in [7, 11) is 1.58. The van der Waals surface area contributed by atoms with Crippen LogP contribution in [0.25, 0.3) is 10.8 Å². The number of hydrazone groups is 1. The van der Waals surface area contributed by atoms with Gasteiger partial charge in [-0.25, -0.2) is 5.43 Å². The summed E-state index contributed by atoms with van der Waals surface area (Å²) in [5, 5.41) is 7.01. The lowest BCUT2D eigenvalue weighted by molar-refractivity contribution is -0.120. The van der Waals surface area contributed by atoms with Gasteiger partial charge in [-0.15, -0.1) is 0 Å². The van der Waals surface area contributed by atoms with Crippen LogP contribution in [0.3, 0.4) is 0 Å². The molecule has 0 bridgehead atoms. The Balaban J connectivity index is 1.43. The minimum absolute atomic E-state index is 0.211. The van der Waals surface area contributed by atoms with Crippen LogP contribution in [0.5, 0.6) is 11.5 Å². The molecule has 0 aromatic heterocycles. The van der Waals surface area contributed by atoms with E-state index in [0.29, 0.717) is 23.1 Å². The third-order valence-corrected chi connectivity index (χ3v) is 6.03. The third kappa shape index (κ3) is 5.95. The van der Waals surface area contributed by atoms with Gasteiger partial charge >= 0.3 is 0 Å². The van der Waals surface area contributed by atoms with E-state index in [1.165, 1.54) is 5.39 Å². The lowest BCUT2D eigenvalue weighted by Gasteiger charge is -2.14. The molecule has 0 aliphatic carbocycles. The molecule has 0 saturated carbocycles. The third-order valence-electron chi connectivity index (χ3n) is 5.18. The van der Waals surface area contributed by atoms with E-state index in [1.807, 2.05) is 36.4 Å². The Bertz CT molecular complexity index is 1330. The minimum Gasteiger partial charge on any atom is -0.493 e. The number of nitrogens with zero attached hydrogens (tertiary/aromatic N) is 1. The van der Waals surface area contributed by atoms with Gasteiger partial charge in [-0.1, -0.05) is 66.2 Å². The summed E-state index contributed by atoms with van der Waals surface area (Å²) in [6.45, 7) is 0.393. The summed E-state index contributed by atoms with van der Waals surface area (Å²) in [5.74, 6) is 0.933. The number of amides is 1. The standard InChI is InChI=1S/C27H22BrClN2O3/c1-33-25-14-19(16-30-31-26(32)15-18-9-11-22(29)12-10-18)13-24(28)27(25)34-17-21-7-4-6-20-5-2-3-8-23(20)21/h2-14,16H,15,17H2,1H3,(H,31,32)/b30-16-. The van der Waals surface area contributed by atoms with Gasteiger partial charge in [0.1, 0.15) is 6.61 Å². The predicted octanol–water partition coefficient (Wildman–Crippen LogP) is 6.54. The maximum atomic E-state index is 12.1. The molecule has 1 amide bonds. The van der Waals surface area contributed by atoms with Gasteiger partial charge in [0.05, 0.1) is 24.2 Å². The fourth-order valence-electron chi connectivity index (χ4n) is 3.53. The SMILES string of the molecule is COc1cc(/C=N\NC(=O)Cc2ccc(Cl)cc2)cc(Br)c1OCc1cccc2ccccc12. The van der Waals surface area contributed by atoms with E-state index in [1.54, 1.807) is 31.5 Å². The van der Waals surface area contributed by atoms with E-state index >= 15 is 0 Å². The summed E-state index contributed by atoms with van der Waals surface area (Å²) in [6.07, 6.45) is 1.77. The highest BCUT2D eigenvalue weighted by molar-refractivity contribution is 9.10. The normalized spacial score (nSPS) is 11.0. The molecule has 5 nitrogen and oxygen atoms in total. The molecule has 0 aliphatic rings. The van der Waals surface area contributed by atoms with Gasteiger partial charge in [-0.3, -0.25) is 4.79 Å². The molecule has 0 radical (unpaired) electrons. The molecule has 0 fully saturated rings. The van der Waals surface area contributed by atoms with E-state index in [4.69, 9.17) is 21.1 Å². The first-order valence-corrected chi connectivity index (χ1v) is 11.7. The van der Waals surface area contributed by atoms with Gasteiger partial charge < -0.3 is 9.47 Å². The molecule has 172 valence electrons. The first-order valence-electron chi connectivity index (χ1n) is 10.6. The van der Waals surface area contributed by atoms with Crippen molar-refractivity contribution >= 4 is 50.4 Å². The number of halogens is 2. The van der Waals surface area contributed by atoms with Crippen molar-refractivity contribution < 1.29 is 14.3 Å². The van der Waals surface area contributed by atoms with Crippen LogP contribution in [0.2, 0.25) is 5.02 Å². The molecule has 0 unspecified atom stereocenters. The molecular weight excluding hydrogens is 516 g/mol. The second kappa shape index (κ2) is 11.2. The largest absolute Gasteiger partial charge is 0.493 e. The van der Waals surface area contributed by atoms with Crippen molar-refractivity contribution in [2.75, 3.05) is 7.11 Å². The topological polar surface area (TPSA) is 59.9 Å². The van der Waals surface area contributed by atoms with Crippen LogP contribution in [-0.2, 0) is 17.8 Å². The van der Waals surface area contributed by atoms with Crippen molar-refractivity contribution in [1.82, 2.24) is 5.43 Å². The van der Waals surface area contributed by atoms with E-state index < -0.39 is 0 Å². The highest BCUT2D eigenvalue weighted by atomic mass is 79.9. The van der Waals surface area contributed by atoms with Crippen LogP contribution < -0.4 is 14.9 Å². The predicted molar refractivity (Wildman–Crippen MR) is 140 cm³/mol. The number of rotatable bonds is 8. The first-order chi connectivity index (χ1) is 16.5. The number of nitrogens with one attached hydrogen (secondary N) is 1. The van der Waals surface area contributed by atoms with E-state index in [2.05, 4.69) is 50.7 Å². The van der Waals surface area contributed by atoms with Crippen LogP contribution in [0.4, 0.5) is 0 Å². The average Bonchev–Trinajstić information content (AvgIpc) is 2.84. The van der Waals surface area contributed by atoms with E-state index in [-0.39, 0.29) is 12.3 Å². The van der Waals surface area contributed by atoms with Crippen LogP contribution in [0.1, 0.15) is 16.7 Å². The molecule has 0 aliphatic heterocycles. The Morgan fingerprint density at radius 1 is 1.06 bits per heavy atom. The Morgan fingerprint density at radius 2 is 1.82 bits per heavy atom. The number of benzene rings is 4. The number of carbonyl (C=O) groups is 1. The smallest absolute Gasteiger partial charge is 0.244 e. The molecule has 1 N–H and O–H groups in total. The maximum absolute atomic E-state index is 12.1. The van der Waals surface area contributed by atoms with Gasteiger partial charge in [-0.2, -0.15) is 5.10 Å². The number of hydrogen-bond acceptors (Lipinski definition) is 4. The van der Waals surface area contributed by atoms with Crippen LogP contribution in [0, 0.1) is 0 Å². The molecule has 0 saturated heterocycles. The van der Waals surface area contributed by atoms with Crippen molar-refractivity contribution in [2.45, 2.75) is 13.0 Å². The molecule has 0 heterocycles. The summed E-state index contributed by atoms with van der Waals surface area (Å²) in [6, 6.07) is 25.1. The Kier molecular flexibility index (Phi) is 7.83. The Labute approximate surface area is 211 Å². The fourth-order valence-corrected chi connectivity index (χ4v) is 4.23. The van der Waals surface area contributed by atoms with Gasteiger partial charge in [0.2, 0.25) is 5.91 Å². The van der Waals surface area contributed by atoms with E-state index in [9.17, 15) is 4.79 Å². The van der Waals surface area contributed by atoms with Crippen molar-refractivity contribution in [3.8, 4) is 11.5 Å². The average molecular weight is 538 g/mol. The Hall–Kier alpha value is -3.35. The zero-order valence-electron chi connectivity index (χ0n) is 18.4. The molecule has 4 rings (SSSR count). The minimum atomic E-state index is -0.223. The zero-order valence-corrected chi connectivity index (χ0v) is 20.8. The highest BCUT2D eigenvalue weighted by Gasteiger charge is 2.12. The fraction of sp³-hybridized carbons (Fsp3) is 0.111. The van der Waals surface area contributed by atoms with Crippen molar-refractivity contribution in [3.05, 3.63) is 105 Å². The summed E-state index contributed by atoms with van der Waals surface area (Å²) >= 11 is 9.44. The highest BCUT2D eigenvalue weighted by Crippen LogP contribution is 2.37. The van der Waals surface area contributed by atoms with Gasteiger partial charge in [0.15, 0.2) is 11.5 Å². The molecule has 4 aromatic carbocycles. The van der Waals surface area contributed by atoms with Crippen LogP contribution in [0.15, 0.2) is 88.4 Å². The number of ether oxygens (including phenoxy) is 2. The molecule has 4 aromatic rings. The van der Waals surface area contributed by atoms with Gasteiger partial charge in [0, 0.05) is 5.02 Å². The van der Waals surface area contributed by atoms with Gasteiger partial charge in [0.25, 0.3) is 0 Å². The summed E-state index contributed by atoms with van der Waals surface area (Å²) < 4.78 is 12.4. The molecular formula is C27H22BrClN2O3. The second-order valence-electron chi connectivity index (χ2n) is 7.56. The monoisotopic (exact) mass is 536 g/mol. The van der Waals surface area contributed by atoms with Gasteiger partial charge in [-0.05, 0) is 67.7 Å². The first kappa shape index (κ1) is 23.8.